The molecule has 1 atom stereocenters. The molecule has 10 heteroatoms. The highest BCUT2D eigenvalue weighted by atomic mass is 35.5. The summed E-state index contributed by atoms with van der Waals surface area (Å²) in [7, 11) is 0. The molecule has 1 saturated heterocycles. The van der Waals surface area contributed by atoms with Gasteiger partial charge in [-0.25, -0.2) is 4.98 Å². The maximum atomic E-state index is 13.0. The highest BCUT2D eigenvalue weighted by Crippen LogP contribution is 2.36. The van der Waals surface area contributed by atoms with Crippen LogP contribution in [0.25, 0.3) is 0 Å². The normalized spacial score (nSPS) is 16.1. The predicted molar refractivity (Wildman–Crippen MR) is 107 cm³/mol. The number of hydrogen-bond acceptors (Lipinski definition) is 5. The van der Waals surface area contributed by atoms with Crippen molar-refractivity contribution < 1.29 is 18.0 Å². The fraction of sp³-hybridized carbons (Fsp3) is 0.350. The summed E-state index contributed by atoms with van der Waals surface area (Å²) in [6, 6.07) is 8.26. The van der Waals surface area contributed by atoms with E-state index in [1.165, 1.54) is 6.07 Å². The quantitative estimate of drug-likeness (QED) is 0.788. The predicted octanol–water partition coefficient (Wildman–Crippen LogP) is 3.77. The SMILES string of the molecule is CC(C(=O)Nc1ccc(Cl)c(C(F)(F)F)c1)N1CCN(c2ncccc2C#N)CC1. The fourth-order valence-electron chi connectivity index (χ4n) is 3.29. The Morgan fingerprint density at radius 2 is 1.97 bits per heavy atom. The summed E-state index contributed by atoms with van der Waals surface area (Å²) in [5, 5.41) is 11.3. The summed E-state index contributed by atoms with van der Waals surface area (Å²) in [4.78, 5) is 20.8. The Morgan fingerprint density at radius 1 is 1.27 bits per heavy atom. The molecule has 3 rings (SSSR count). The van der Waals surface area contributed by atoms with Gasteiger partial charge in [0.15, 0.2) is 0 Å². The van der Waals surface area contributed by atoms with Crippen LogP contribution < -0.4 is 10.2 Å². The van der Waals surface area contributed by atoms with E-state index in [9.17, 15) is 23.2 Å². The first kappa shape index (κ1) is 21.9. The molecule has 1 aliphatic heterocycles. The fourth-order valence-corrected chi connectivity index (χ4v) is 3.51. The molecule has 1 aromatic heterocycles. The van der Waals surface area contributed by atoms with Gasteiger partial charge in [-0.2, -0.15) is 18.4 Å². The van der Waals surface area contributed by atoms with E-state index < -0.39 is 28.7 Å². The van der Waals surface area contributed by atoms with Gasteiger partial charge in [0.1, 0.15) is 11.9 Å². The minimum atomic E-state index is -4.60. The van der Waals surface area contributed by atoms with Gasteiger partial charge in [-0.3, -0.25) is 9.69 Å². The number of aromatic nitrogens is 1. The summed E-state index contributed by atoms with van der Waals surface area (Å²) >= 11 is 5.62. The lowest BCUT2D eigenvalue weighted by atomic mass is 10.1. The molecule has 2 aromatic rings. The largest absolute Gasteiger partial charge is 0.417 e. The van der Waals surface area contributed by atoms with Crippen LogP contribution in [-0.2, 0) is 11.0 Å². The molecule has 0 spiro atoms. The van der Waals surface area contributed by atoms with Crippen molar-refractivity contribution in [2.75, 3.05) is 36.4 Å². The first-order valence-corrected chi connectivity index (χ1v) is 9.60. The maximum Gasteiger partial charge on any atom is 0.417 e. The van der Waals surface area contributed by atoms with Gasteiger partial charge in [0.05, 0.1) is 22.2 Å². The number of amides is 1. The second kappa shape index (κ2) is 8.90. The van der Waals surface area contributed by atoms with Crippen LogP contribution in [0.1, 0.15) is 18.1 Å². The Morgan fingerprint density at radius 3 is 2.60 bits per heavy atom. The van der Waals surface area contributed by atoms with E-state index in [0.29, 0.717) is 37.6 Å². The number of hydrogen-bond donors (Lipinski definition) is 1. The summed E-state index contributed by atoms with van der Waals surface area (Å²) < 4.78 is 39.0. The molecule has 1 aromatic carbocycles. The monoisotopic (exact) mass is 437 g/mol. The second-order valence-corrected chi connectivity index (χ2v) is 7.27. The standard InChI is InChI=1S/C20H19ClF3N5O/c1-13(19(30)27-15-4-5-17(21)16(11-15)20(22,23)24)28-7-9-29(10-8-28)18-14(12-25)3-2-6-26-18/h2-6,11,13H,7-10H2,1H3,(H,27,30). The molecule has 0 bridgehead atoms. The van der Waals surface area contributed by atoms with Crippen LogP contribution in [0, 0.1) is 11.3 Å². The summed E-state index contributed by atoms with van der Waals surface area (Å²) in [5.41, 5.74) is -0.471. The van der Waals surface area contributed by atoms with E-state index in [1.807, 2.05) is 9.80 Å². The third kappa shape index (κ3) is 4.83. The van der Waals surface area contributed by atoms with E-state index >= 15 is 0 Å². The molecule has 30 heavy (non-hydrogen) atoms. The Balaban J connectivity index is 1.62. The number of pyridine rings is 1. The zero-order chi connectivity index (χ0) is 21.9. The van der Waals surface area contributed by atoms with Gasteiger partial charge < -0.3 is 10.2 Å². The van der Waals surface area contributed by atoms with Crippen molar-refractivity contribution in [3.05, 3.63) is 52.7 Å². The second-order valence-electron chi connectivity index (χ2n) is 6.87. The molecular weight excluding hydrogens is 419 g/mol. The molecule has 1 amide bonds. The van der Waals surface area contributed by atoms with E-state index in [0.717, 1.165) is 12.1 Å². The number of halogens is 4. The summed E-state index contributed by atoms with van der Waals surface area (Å²) in [6.07, 6.45) is -2.98. The first-order chi connectivity index (χ1) is 14.2. The highest BCUT2D eigenvalue weighted by Gasteiger charge is 2.34. The lowest BCUT2D eigenvalue weighted by Gasteiger charge is -2.38. The Hall–Kier alpha value is -2.83. The van der Waals surface area contributed by atoms with E-state index in [-0.39, 0.29) is 5.69 Å². The zero-order valence-electron chi connectivity index (χ0n) is 16.1. The molecule has 0 aliphatic carbocycles. The minimum Gasteiger partial charge on any atom is -0.353 e. The van der Waals surface area contributed by atoms with Gasteiger partial charge in [-0.15, -0.1) is 0 Å². The third-order valence-electron chi connectivity index (χ3n) is 4.99. The lowest BCUT2D eigenvalue weighted by molar-refractivity contribution is -0.137. The van der Waals surface area contributed by atoms with Crippen molar-refractivity contribution in [2.45, 2.75) is 19.1 Å². The van der Waals surface area contributed by atoms with Crippen molar-refractivity contribution in [3.8, 4) is 6.07 Å². The van der Waals surface area contributed by atoms with Crippen molar-refractivity contribution in [1.82, 2.24) is 9.88 Å². The Bertz CT molecular complexity index is 968. The Kier molecular flexibility index (Phi) is 6.48. The number of carbonyl (C=O) groups is 1. The molecule has 0 saturated carbocycles. The molecule has 158 valence electrons. The highest BCUT2D eigenvalue weighted by molar-refractivity contribution is 6.31. The number of nitrogens with zero attached hydrogens (tertiary/aromatic N) is 4. The molecule has 1 unspecified atom stereocenters. The summed E-state index contributed by atoms with van der Waals surface area (Å²) in [5.74, 6) is 0.201. The third-order valence-corrected chi connectivity index (χ3v) is 5.32. The molecule has 1 aliphatic rings. The van der Waals surface area contributed by atoms with Gasteiger partial charge in [0, 0.05) is 38.1 Å². The molecule has 6 nitrogen and oxygen atoms in total. The van der Waals surface area contributed by atoms with Crippen LogP contribution in [0.15, 0.2) is 36.5 Å². The van der Waals surface area contributed by atoms with Crippen molar-refractivity contribution in [2.24, 2.45) is 0 Å². The molecule has 2 heterocycles. The average Bonchev–Trinajstić information content (AvgIpc) is 2.73. The van der Waals surface area contributed by atoms with Gasteiger partial charge >= 0.3 is 6.18 Å². The number of rotatable bonds is 4. The van der Waals surface area contributed by atoms with E-state index in [1.54, 1.807) is 25.3 Å². The number of carbonyl (C=O) groups excluding carboxylic acids is 1. The topological polar surface area (TPSA) is 72.3 Å². The molecule has 1 N–H and O–H groups in total. The van der Waals surface area contributed by atoms with Gasteiger partial charge in [-0.05, 0) is 37.3 Å². The first-order valence-electron chi connectivity index (χ1n) is 9.22. The number of piperazine rings is 1. The van der Waals surface area contributed by atoms with Crippen LogP contribution in [0.2, 0.25) is 5.02 Å². The molecule has 1 fully saturated rings. The average molecular weight is 438 g/mol. The van der Waals surface area contributed by atoms with E-state index in [2.05, 4.69) is 16.4 Å². The number of nitrogens with one attached hydrogen (secondary N) is 1. The Labute approximate surface area is 176 Å². The number of benzene rings is 1. The number of anilines is 2. The lowest BCUT2D eigenvalue weighted by Crippen LogP contribution is -2.53. The van der Waals surface area contributed by atoms with Crippen LogP contribution >= 0.6 is 11.6 Å². The molecular formula is C20H19ClF3N5O. The van der Waals surface area contributed by atoms with Crippen LogP contribution in [0.5, 0.6) is 0 Å². The van der Waals surface area contributed by atoms with Gasteiger partial charge in [0.25, 0.3) is 0 Å². The van der Waals surface area contributed by atoms with Crippen LogP contribution in [0.4, 0.5) is 24.7 Å². The van der Waals surface area contributed by atoms with Crippen molar-refractivity contribution in [1.29, 1.82) is 5.26 Å². The van der Waals surface area contributed by atoms with Crippen molar-refractivity contribution >= 4 is 29.0 Å². The van der Waals surface area contributed by atoms with Crippen LogP contribution in [-0.4, -0.2) is 48.0 Å². The van der Waals surface area contributed by atoms with Crippen LogP contribution in [0.3, 0.4) is 0 Å². The van der Waals surface area contributed by atoms with Crippen molar-refractivity contribution in [3.63, 3.8) is 0 Å². The number of nitriles is 1. The summed E-state index contributed by atoms with van der Waals surface area (Å²) in [6.45, 7) is 3.94. The smallest absolute Gasteiger partial charge is 0.353 e. The maximum absolute atomic E-state index is 13.0. The van der Waals surface area contributed by atoms with Gasteiger partial charge in [0.2, 0.25) is 5.91 Å². The molecule has 0 radical (unpaired) electrons. The minimum absolute atomic E-state index is 0.0364. The van der Waals surface area contributed by atoms with E-state index in [4.69, 9.17) is 11.6 Å². The zero-order valence-corrected chi connectivity index (χ0v) is 16.8. The number of alkyl halides is 3. The van der Waals surface area contributed by atoms with Gasteiger partial charge in [-0.1, -0.05) is 11.6 Å².